The van der Waals surface area contributed by atoms with E-state index in [9.17, 15) is 0 Å². The maximum atomic E-state index is 9.01. The second-order valence-corrected chi connectivity index (χ2v) is 5.38. The highest BCUT2D eigenvalue weighted by Crippen LogP contribution is 2.27. The number of aryl methyl sites for hydroxylation is 2. The van der Waals surface area contributed by atoms with Gasteiger partial charge in [-0.2, -0.15) is 10.2 Å². The summed E-state index contributed by atoms with van der Waals surface area (Å²) < 4.78 is 17.0. The Balaban J connectivity index is 1.75. The Kier molecular flexibility index (Phi) is 4.25. The van der Waals surface area contributed by atoms with Crippen LogP contribution in [0.1, 0.15) is 22.6 Å². The molecule has 1 aromatic carbocycles. The number of furan rings is 1. The molecule has 3 aromatic rings. The van der Waals surface area contributed by atoms with E-state index in [2.05, 4.69) is 10.3 Å². The van der Waals surface area contributed by atoms with Crippen molar-refractivity contribution >= 4 is 5.88 Å². The number of nitriles is 1. The Morgan fingerprint density at radius 3 is 2.75 bits per heavy atom. The minimum atomic E-state index is 0.192. The SMILES string of the molecule is CNc1oc(-c2ccc(COc3cc(C)ccc3C)o2)nc1C#N. The Morgan fingerprint density at radius 1 is 1.21 bits per heavy atom. The summed E-state index contributed by atoms with van der Waals surface area (Å²) in [6.45, 7) is 4.32. The van der Waals surface area contributed by atoms with Crippen LogP contribution in [0.2, 0.25) is 0 Å². The third-order valence-electron chi connectivity index (χ3n) is 3.55. The summed E-state index contributed by atoms with van der Waals surface area (Å²) in [4.78, 5) is 4.10. The van der Waals surface area contributed by atoms with Gasteiger partial charge in [0.25, 0.3) is 5.89 Å². The highest BCUT2D eigenvalue weighted by atomic mass is 16.5. The van der Waals surface area contributed by atoms with Gasteiger partial charge in [0.1, 0.15) is 24.2 Å². The summed E-state index contributed by atoms with van der Waals surface area (Å²) in [5, 5.41) is 11.8. The summed E-state index contributed by atoms with van der Waals surface area (Å²) in [6, 6.07) is 11.6. The van der Waals surface area contributed by atoms with Gasteiger partial charge in [0, 0.05) is 7.05 Å². The minimum absolute atomic E-state index is 0.192. The highest BCUT2D eigenvalue weighted by molar-refractivity contribution is 5.54. The van der Waals surface area contributed by atoms with Crippen LogP contribution in [-0.2, 0) is 6.61 Å². The molecule has 0 aliphatic carbocycles. The molecule has 122 valence electrons. The quantitative estimate of drug-likeness (QED) is 0.762. The van der Waals surface area contributed by atoms with Crippen LogP contribution in [0.3, 0.4) is 0 Å². The number of nitrogens with zero attached hydrogens (tertiary/aromatic N) is 2. The van der Waals surface area contributed by atoms with Crippen LogP contribution in [0.25, 0.3) is 11.7 Å². The van der Waals surface area contributed by atoms with Crippen molar-refractivity contribution in [2.75, 3.05) is 12.4 Å². The van der Waals surface area contributed by atoms with Gasteiger partial charge < -0.3 is 18.9 Å². The van der Waals surface area contributed by atoms with Gasteiger partial charge in [-0.3, -0.25) is 0 Å². The van der Waals surface area contributed by atoms with Crippen LogP contribution < -0.4 is 10.1 Å². The second kappa shape index (κ2) is 6.50. The summed E-state index contributed by atoms with van der Waals surface area (Å²) >= 11 is 0. The van der Waals surface area contributed by atoms with Crippen LogP contribution in [0, 0.1) is 25.2 Å². The first-order valence-corrected chi connectivity index (χ1v) is 7.48. The molecule has 24 heavy (non-hydrogen) atoms. The lowest BCUT2D eigenvalue weighted by atomic mass is 10.1. The van der Waals surface area contributed by atoms with Gasteiger partial charge in [-0.05, 0) is 43.2 Å². The van der Waals surface area contributed by atoms with E-state index >= 15 is 0 Å². The normalized spacial score (nSPS) is 10.4. The van der Waals surface area contributed by atoms with Crippen LogP contribution in [0.15, 0.2) is 39.2 Å². The van der Waals surface area contributed by atoms with Crippen molar-refractivity contribution in [3.8, 4) is 23.5 Å². The Hall–Kier alpha value is -3.20. The van der Waals surface area contributed by atoms with Gasteiger partial charge in [-0.25, -0.2) is 0 Å². The number of rotatable bonds is 5. The van der Waals surface area contributed by atoms with Gasteiger partial charge in [0.15, 0.2) is 5.76 Å². The molecular weight excluding hydrogens is 306 g/mol. The number of oxazole rings is 1. The van der Waals surface area contributed by atoms with E-state index in [1.807, 2.05) is 38.1 Å². The van der Waals surface area contributed by atoms with E-state index < -0.39 is 0 Å². The van der Waals surface area contributed by atoms with E-state index in [0.29, 0.717) is 24.0 Å². The molecule has 2 aromatic heterocycles. The Labute approximate surface area is 139 Å². The zero-order chi connectivity index (χ0) is 17.1. The molecule has 0 spiro atoms. The molecule has 0 unspecified atom stereocenters. The largest absolute Gasteiger partial charge is 0.485 e. The van der Waals surface area contributed by atoms with Gasteiger partial charge in [-0.15, -0.1) is 0 Å². The van der Waals surface area contributed by atoms with Crippen molar-refractivity contribution < 1.29 is 13.6 Å². The van der Waals surface area contributed by atoms with E-state index in [1.54, 1.807) is 19.2 Å². The van der Waals surface area contributed by atoms with Gasteiger partial charge in [-0.1, -0.05) is 12.1 Å². The van der Waals surface area contributed by atoms with Gasteiger partial charge in [0.2, 0.25) is 11.6 Å². The van der Waals surface area contributed by atoms with Crippen molar-refractivity contribution in [3.05, 3.63) is 52.9 Å². The Bertz CT molecular complexity index is 903. The number of benzene rings is 1. The zero-order valence-corrected chi connectivity index (χ0v) is 13.7. The average Bonchev–Trinajstić information content (AvgIpc) is 3.21. The molecule has 0 aliphatic heterocycles. The number of nitrogens with one attached hydrogen (secondary N) is 1. The van der Waals surface area contributed by atoms with Crippen molar-refractivity contribution in [1.82, 2.24) is 4.98 Å². The first-order valence-electron chi connectivity index (χ1n) is 7.48. The summed E-state index contributed by atoms with van der Waals surface area (Å²) in [7, 11) is 1.66. The van der Waals surface area contributed by atoms with E-state index in [4.69, 9.17) is 18.8 Å². The number of hydrogen-bond acceptors (Lipinski definition) is 6. The molecule has 0 saturated carbocycles. The smallest absolute Gasteiger partial charge is 0.266 e. The molecule has 1 N–H and O–H groups in total. The lowest BCUT2D eigenvalue weighted by Gasteiger charge is -2.08. The predicted molar refractivity (Wildman–Crippen MR) is 88.7 cm³/mol. The standard InChI is InChI=1S/C18H17N3O3/c1-11-4-5-12(2)16(8-11)22-10-13-6-7-15(23-13)18-21-14(9-19)17(20-3)24-18/h4-8,20H,10H2,1-3H3. The maximum absolute atomic E-state index is 9.01. The van der Waals surface area contributed by atoms with Crippen molar-refractivity contribution in [2.24, 2.45) is 0 Å². The molecule has 0 bridgehead atoms. The second-order valence-electron chi connectivity index (χ2n) is 5.38. The van der Waals surface area contributed by atoms with E-state index in [-0.39, 0.29) is 11.6 Å². The molecule has 6 nitrogen and oxygen atoms in total. The molecular formula is C18H17N3O3. The fourth-order valence-electron chi connectivity index (χ4n) is 2.25. The number of anilines is 1. The van der Waals surface area contributed by atoms with Crippen molar-refractivity contribution in [1.29, 1.82) is 5.26 Å². The molecule has 0 radical (unpaired) electrons. The number of ether oxygens (including phenoxy) is 1. The lowest BCUT2D eigenvalue weighted by molar-refractivity contribution is 0.269. The van der Waals surface area contributed by atoms with Gasteiger partial charge in [0.05, 0.1) is 0 Å². The Morgan fingerprint density at radius 2 is 2.04 bits per heavy atom. The molecule has 0 atom stereocenters. The summed E-state index contributed by atoms with van der Waals surface area (Å²) in [5.41, 5.74) is 2.40. The topological polar surface area (TPSA) is 84.2 Å². The number of aromatic nitrogens is 1. The lowest BCUT2D eigenvalue weighted by Crippen LogP contribution is -1.96. The molecule has 0 fully saturated rings. The monoisotopic (exact) mass is 323 g/mol. The fraction of sp³-hybridized carbons (Fsp3) is 0.222. The molecule has 3 rings (SSSR count). The molecule has 0 amide bonds. The predicted octanol–water partition coefficient (Wildman–Crippen LogP) is 4.04. The van der Waals surface area contributed by atoms with Crippen LogP contribution in [0.4, 0.5) is 5.88 Å². The van der Waals surface area contributed by atoms with Crippen LogP contribution >= 0.6 is 0 Å². The minimum Gasteiger partial charge on any atom is -0.485 e. The molecule has 2 heterocycles. The average molecular weight is 323 g/mol. The zero-order valence-electron chi connectivity index (χ0n) is 13.7. The third kappa shape index (κ3) is 3.10. The first kappa shape index (κ1) is 15.7. The van der Waals surface area contributed by atoms with Crippen LogP contribution in [0.5, 0.6) is 5.75 Å². The van der Waals surface area contributed by atoms with E-state index in [1.165, 1.54) is 0 Å². The molecule has 0 aliphatic rings. The summed E-state index contributed by atoms with van der Waals surface area (Å²) in [5.74, 6) is 2.50. The molecule has 6 heteroatoms. The molecule has 0 saturated heterocycles. The highest BCUT2D eigenvalue weighted by Gasteiger charge is 2.16. The third-order valence-corrected chi connectivity index (χ3v) is 3.55. The first-order chi connectivity index (χ1) is 11.6. The van der Waals surface area contributed by atoms with Gasteiger partial charge >= 0.3 is 0 Å². The maximum Gasteiger partial charge on any atom is 0.266 e. The van der Waals surface area contributed by atoms with Crippen molar-refractivity contribution in [3.63, 3.8) is 0 Å². The summed E-state index contributed by atoms with van der Waals surface area (Å²) in [6.07, 6.45) is 0. The van der Waals surface area contributed by atoms with E-state index in [0.717, 1.165) is 16.9 Å². The number of hydrogen-bond donors (Lipinski definition) is 1. The fourth-order valence-corrected chi connectivity index (χ4v) is 2.25. The van der Waals surface area contributed by atoms with Crippen LogP contribution in [-0.4, -0.2) is 12.0 Å². The van der Waals surface area contributed by atoms with Crippen molar-refractivity contribution in [2.45, 2.75) is 20.5 Å².